The van der Waals surface area contributed by atoms with Gasteiger partial charge < -0.3 is 75.6 Å². The molecule has 5 aromatic heterocycles. The molecule has 0 aromatic carbocycles. The van der Waals surface area contributed by atoms with Crippen molar-refractivity contribution in [1.29, 1.82) is 0 Å². The van der Waals surface area contributed by atoms with Crippen molar-refractivity contribution < 1.29 is 38.4 Å². The van der Waals surface area contributed by atoms with Crippen molar-refractivity contribution in [3.8, 4) is 0 Å². The highest BCUT2D eigenvalue weighted by molar-refractivity contribution is 6.04. The Morgan fingerprint density at radius 2 is 0.972 bits per heavy atom. The van der Waals surface area contributed by atoms with Gasteiger partial charge in [0.2, 0.25) is 29.4 Å². The van der Waals surface area contributed by atoms with Gasteiger partial charge in [0.15, 0.2) is 17.5 Å². The number of anilines is 4. The average molecular weight is 999 g/mol. The maximum Gasteiger partial charge on any atom is 0.291 e. The number of carbonyl (C=O) groups is 8. The first kappa shape index (κ1) is 54.8. The van der Waals surface area contributed by atoms with E-state index in [1.165, 1.54) is 55.2 Å². The predicted octanol–water partition coefficient (Wildman–Crippen LogP) is 0.534. The van der Waals surface area contributed by atoms with Crippen molar-refractivity contribution in [2.75, 3.05) is 80.7 Å². The third-order valence-electron chi connectivity index (χ3n) is 11.0. The minimum Gasteiger partial charge on any atom is -0.356 e. The van der Waals surface area contributed by atoms with E-state index in [1.807, 2.05) is 0 Å². The lowest BCUT2D eigenvalue weighted by molar-refractivity contribution is -0.121. The van der Waals surface area contributed by atoms with Gasteiger partial charge in [-0.15, -0.1) is 0 Å². The van der Waals surface area contributed by atoms with Crippen LogP contribution in [0.1, 0.15) is 98.3 Å². The summed E-state index contributed by atoms with van der Waals surface area (Å²) in [6.07, 6.45) is 12.0. The predicted molar refractivity (Wildman–Crippen MR) is 267 cm³/mol. The van der Waals surface area contributed by atoms with E-state index in [9.17, 15) is 38.4 Å². The third-order valence-corrected chi connectivity index (χ3v) is 11.0. The molecule has 0 atom stereocenters. The monoisotopic (exact) mass is 999 g/mol. The second-order valence-electron chi connectivity index (χ2n) is 17.1. The van der Waals surface area contributed by atoms with Crippen LogP contribution in [-0.2, 0) is 49.6 Å². The highest BCUT2D eigenvalue weighted by Crippen LogP contribution is 2.17. The largest absolute Gasteiger partial charge is 0.356 e. The van der Waals surface area contributed by atoms with Gasteiger partial charge in [-0.2, -0.15) is 0 Å². The molecule has 26 heteroatoms. The van der Waals surface area contributed by atoms with E-state index in [0.717, 1.165) is 45.4 Å². The molecule has 0 saturated carbocycles. The Kier molecular flexibility index (Phi) is 20.4. The normalized spacial score (nSPS) is 11.0. The molecule has 72 heavy (non-hydrogen) atoms. The highest BCUT2D eigenvalue weighted by atomic mass is 16.2. The summed E-state index contributed by atoms with van der Waals surface area (Å²) in [5.41, 5.74) is 1.11. The standard InChI is InChI=1S/C46H66N18O8/c1-8-14-47-15-9-21-59(2)22-10-16-48-36(65)11-17-52-44(70)40-57-34(28-63(40)6)55-37(66)12-18-51-43(69)33-25-31(27-62(33)5)54-46(72)41-58-35(29-64(41)7)56-38(67)13-19-50-42(68)32-24-30(26-61(32)4)53-45(71)39-49-20-23-60(39)3/h20,23-29,47H,8-19,21-22H2,1-7H3,(H,48,65)(H,50,68)(H,51,69)(H,52,70)(H,53,71)(H,54,72)(H,55,66)(H,56,67). The Morgan fingerprint density at radius 3 is 1.47 bits per heavy atom. The molecule has 0 aliphatic rings. The molecule has 9 N–H and O–H groups in total. The van der Waals surface area contributed by atoms with Crippen LogP contribution in [0.3, 0.4) is 0 Å². The van der Waals surface area contributed by atoms with Gasteiger partial charge in [-0.25, -0.2) is 15.0 Å². The van der Waals surface area contributed by atoms with Crippen LogP contribution in [0.15, 0.2) is 49.3 Å². The smallest absolute Gasteiger partial charge is 0.291 e. The van der Waals surface area contributed by atoms with Crippen molar-refractivity contribution in [3.63, 3.8) is 0 Å². The number of carbonyl (C=O) groups excluding carboxylic acids is 8. The van der Waals surface area contributed by atoms with Crippen molar-refractivity contribution in [3.05, 3.63) is 78.2 Å². The number of hydrogen-bond acceptors (Lipinski definition) is 13. The summed E-state index contributed by atoms with van der Waals surface area (Å²) in [6.45, 7) is 6.60. The maximum atomic E-state index is 13.2. The fourth-order valence-corrected chi connectivity index (χ4v) is 7.24. The Balaban J connectivity index is 0.972. The van der Waals surface area contributed by atoms with Gasteiger partial charge in [-0.3, -0.25) is 38.4 Å². The summed E-state index contributed by atoms with van der Waals surface area (Å²) in [4.78, 5) is 117. The maximum absolute atomic E-state index is 13.2. The Labute approximate surface area is 416 Å². The molecule has 388 valence electrons. The van der Waals surface area contributed by atoms with Gasteiger partial charge in [0, 0.05) is 118 Å². The number of rotatable bonds is 28. The topological polar surface area (TPSA) is 311 Å². The average Bonchev–Trinajstić information content (AvgIpc) is 4.17. The van der Waals surface area contributed by atoms with Gasteiger partial charge in [0.25, 0.3) is 29.5 Å². The summed E-state index contributed by atoms with van der Waals surface area (Å²) in [5, 5.41) is 24.9. The van der Waals surface area contributed by atoms with Crippen molar-refractivity contribution in [2.45, 2.75) is 45.4 Å². The molecule has 0 saturated heterocycles. The van der Waals surface area contributed by atoms with Crippen LogP contribution in [0.25, 0.3) is 0 Å². The zero-order valence-electron chi connectivity index (χ0n) is 41.8. The summed E-state index contributed by atoms with van der Waals surface area (Å²) in [7, 11) is 10.2. The van der Waals surface area contributed by atoms with Crippen molar-refractivity contribution in [1.82, 2.24) is 69.3 Å². The molecule has 5 heterocycles. The van der Waals surface area contributed by atoms with Gasteiger partial charge in [-0.05, 0) is 64.6 Å². The minimum atomic E-state index is -0.623. The third kappa shape index (κ3) is 16.5. The van der Waals surface area contributed by atoms with E-state index in [4.69, 9.17) is 0 Å². The molecule has 0 spiro atoms. The minimum absolute atomic E-state index is 0.0160. The quantitative estimate of drug-likeness (QED) is 0.0310. The molecular formula is C46H66N18O8. The Morgan fingerprint density at radius 1 is 0.500 bits per heavy atom. The van der Waals surface area contributed by atoms with Crippen LogP contribution < -0.4 is 47.9 Å². The first-order chi connectivity index (χ1) is 34.4. The Hall–Kier alpha value is -8.13. The van der Waals surface area contributed by atoms with Gasteiger partial charge in [-0.1, -0.05) is 6.92 Å². The molecule has 0 aliphatic carbocycles. The first-order valence-electron chi connectivity index (χ1n) is 23.5. The first-order valence-corrected chi connectivity index (χ1v) is 23.5. The summed E-state index contributed by atoms with van der Waals surface area (Å²) >= 11 is 0. The van der Waals surface area contributed by atoms with E-state index in [2.05, 4.69) is 81.7 Å². The van der Waals surface area contributed by atoms with Crippen LogP contribution in [0, 0.1) is 0 Å². The number of amides is 8. The van der Waals surface area contributed by atoms with E-state index >= 15 is 0 Å². The number of nitrogens with one attached hydrogen (secondary N) is 9. The number of hydrogen-bond donors (Lipinski definition) is 9. The van der Waals surface area contributed by atoms with Gasteiger partial charge in [0.05, 0.1) is 11.4 Å². The van der Waals surface area contributed by atoms with Crippen LogP contribution in [0.5, 0.6) is 0 Å². The summed E-state index contributed by atoms with van der Waals surface area (Å²) in [6, 6.07) is 2.95. The Bertz CT molecular complexity index is 2710. The molecule has 0 aliphatic heterocycles. The second-order valence-corrected chi connectivity index (χ2v) is 17.1. The van der Waals surface area contributed by atoms with Gasteiger partial charge in [0.1, 0.15) is 11.4 Å². The van der Waals surface area contributed by atoms with Crippen LogP contribution in [0.4, 0.5) is 23.0 Å². The van der Waals surface area contributed by atoms with E-state index < -0.39 is 41.4 Å². The van der Waals surface area contributed by atoms with E-state index in [-0.39, 0.29) is 91.0 Å². The summed E-state index contributed by atoms with van der Waals surface area (Å²) in [5.74, 6) is -3.23. The molecule has 0 fully saturated rings. The molecule has 0 bridgehead atoms. The van der Waals surface area contributed by atoms with Crippen molar-refractivity contribution in [2.24, 2.45) is 35.2 Å². The van der Waals surface area contributed by atoms with Crippen molar-refractivity contribution >= 4 is 70.3 Å². The molecule has 5 rings (SSSR count). The van der Waals surface area contributed by atoms with E-state index in [0.29, 0.717) is 12.2 Å². The number of imidazole rings is 3. The van der Waals surface area contributed by atoms with Gasteiger partial charge >= 0.3 is 0 Å². The van der Waals surface area contributed by atoms with Crippen LogP contribution in [0.2, 0.25) is 0 Å². The number of aryl methyl sites for hydroxylation is 5. The SMILES string of the molecule is CCCNCCCN(C)CCCNC(=O)CCNC(=O)c1nc(NC(=O)CCNC(=O)c2cc(NC(=O)c3nc(NC(=O)CCNC(=O)c4cc(NC(=O)c5nccn5C)cn4C)cn3C)cn2C)cn1C. The molecule has 5 aromatic rings. The fraction of sp³-hybridized carbons (Fsp3) is 0.457. The van der Waals surface area contributed by atoms with E-state index in [1.54, 1.807) is 52.2 Å². The lowest BCUT2D eigenvalue weighted by Crippen LogP contribution is -2.33. The lowest BCUT2D eigenvalue weighted by Gasteiger charge is -2.16. The molecule has 0 unspecified atom stereocenters. The summed E-state index contributed by atoms with van der Waals surface area (Å²) < 4.78 is 7.46. The van der Waals surface area contributed by atoms with Crippen LogP contribution >= 0.6 is 0 Å². The number of aromatic nitrogens is 8. The lowest BCUT2D eigenvalue weighted by atomic mass is 10.3. The molecule has 0 radical (unpaired) electrons. The van der Waals surface area contributed by atoms with Crippen LogP contribution in [-0.4, -0.2) is 149 Å². The zero-order chi connectivity index (χ0) is 52.3. The zero-order valence-corrected chi connectivity index (χ0v) is 41.8. The number of nitrogens with zero attached hydrogens (tertiary/aromatic N) is 9. The molecular weight excluding hydrogens is 933 g/mol. The molecule has 26 nitrogen and oxygen atoms in total. The second kappa shape index (κ2) is 26.7. The highest BCUT2D eigenvalue weighted by Gasteiger charge is 2.21. The molecule has 8 amide bonds. The fourth-order valence-electron chi connectivity index (χ4n) is 7.24.